The van der Waals surface area contributed by atoms with Gasteiger partial charge in [-0.05, 0) is 108 Å². The van der Waals surface area contributed by atoms with Gasteiger partial charge in [0, 0.05) is 222 Å². The molecule has 0 bridgehead atoms. The van der Waals surface area contributed by atoms with E-state index in [2.05, 4.69) is 217 Å². The first-order chi connectivity index (χ1) is 58.4. The molecule has 124 heavy (non-hydrogen) atoms. The molecule has 0 aromatic heterocycles. The number of guanidine groups is 16. The van der Waals surface area contributed by atoms with E-state index >= 15 is 0 Å². The summed E-state index contributed by atoms with van der Waals surface area (Å²) in [7, 11) is 47.6. The van der Waals surface area contributed by atoms with Crippen LogP contribution >= 0.6 is 0 Å². The highest BCUT2D eigenvalue weighted by atomic mass is 15.5. The standard InChI is InChI=1S/2C12H25N5.2C11H23N5.2C10H21N5.2C9H19N5/c1-6-7-8-9-17(5)12-14-10(2)13-11(15-12)16(3)4;1-6-7-8-9-16(4)12-15-10(2)14-11(13-3)17(12)5;1-6-7-8-16(5)11-13-9(2)12-10(14-11)15(3)4;1-6-7-8-12-10-13-9(2)14-11(15(3)4)16(10)5;1-6-7-15(5)10-12-8(2)11-9(13-10)14(3)4;1-6-7-11-9-12-8(2)13-10(14(3)4)15(9)5;1-6-14(5)9-11-7(2)10-8(12-9)13(3)4;1-6-10-8-11-7(2)12-9(13(3)4)14(8)5/h10H,6-9H2,1-5H3,(H,13,14,15);10H,6-9H2,1-5H3,(H,13,14);9H,6-8H2,1-5H3,(H,12,13,14);9H,6-8H2,1-5H3,(H,12,13);8H,6-7H2,1-5H3,(H,11,12,13);8H,6-7H2,1-5H3,(H,11,12);7H,6H2,1-5H3,(H,10,11,12);7H,6H2,1-5H3,(H,10,11). The summed E-state index contributed by atoms with van der Waals surface area (Å²) in [5.74, 6) is 14.2. The summed E-state index contributed by atoms with van der Waals surface area (Å²) >= 11 is 0. The molecule has 0 aromatic rings. The summed E-state index contributed by atoms with van der Waals surface area (Å²) < 4.78 is 0. The molecule has 712 valence electrons. The average molecular weight is 1750 g/mol. The van der Waals surface area contributed by atoms with E-state index in [4.69, 9.17) is 0 Å². The molecule has 0 aromatic carbocycles. The number of rotatable bonds is 20. The highest BCUT2D eigenvalue weighted by molar-refractivity contribution is 6.03. The average Bonchev–Trinajstić information content (AvgIpc) is 0.871. The lowest BCUT2D eigenvalue weighted by Gasteiger charge is -2.35. The molecule has 0 saturated carbocycles. The Morgan fingerprint density at radius 2 is 0.540 bits per heavy atom. The Labute approximate surface area is 751 Å². The fourth-order valence-corrected chi connectivity index (χ4v) is 12.0. The van der Waals surface area contributed by atoms with Crippen LogP contribution in [0.5, 0.6) is 0 Å². The zero-order chi connectivity index (χ0) is 94.2. The maximum atomic E-state index is 4.62. The van der Waals surface area contributed by atoms with Crippen molar-refractivity contribution in [3.8, 4) is 0 Å². The maximum Gasteiger partial charge on any atom is 0.225 e. The van der Waals surface area contributed by atoms with E-state index in [-0.39, 0.29) is 49.3 Å². The molecule has 0 aliphatic carbocycles. The van der Waals surface area contributed by atoms with E-state index in [0.29, 0.717) is 0 Å². The van der Waals surface area contributed by atoms with E-state index in [9.17, 15) is 0 Å². The van der Waals surface area contributed by atoms with Crippen LogP contribution in [0.15, 0.2) is 79.9 Å². The fraction of sp³-hybridized carbons (Fsp3) is 0.810. The molecule has 0 saturated heterocycles. The van der Waals surface area contributed by atoms with Crippen molar-refractivity contribution < 1.29 is 0 Å². The first-order valence-electron chi connectivity index (χ1n) is 44.9. The van der Waals surface area contributed by atoms with Crippen molar-refractivity contribution >= 4 is 95.4 Å². The number of aliphatic imine (C=N–C) groups is 16. The van der Waals surface area contributed by atoms with Crippen molar-refractivity contribution in [1.82, 2.24) is 121 Å². The van der Waals surface area contributed by atoms with Gasteiger partial charge in [0.1, 0.15) is 49.3 Å². The predicted octanol–water partition coefficient (Wildman–Crippen LogP) is 5.97. The second-order valence-corrected chi connectivity index (χ2v) is 32.8. The van der Waals surface area contributed by atoms with Gasteiger partial charge in [-0.15, -0.1) is 0 Å². The topological polar surface area (TPSA) is 346 Å². The molecule has 8 atom stereocenters. The summed E-state index contributed by atoms with van der Waals surface area (Å²) in [6.45, 7) is 41.0. The number of hydrogen-bond donors (Lipinski definition) is 8. The van der Waals surface area contributed by atoms with Crippen LogP contribution < -0.4 is 42.5 Å². The van der Waals surface area contributed by atoms with Crippen LogP contribution in [0.4, 0.5) is 0 Å². The lowest BCUT2D eigenvalue weighted by atomic mass is 10.2. The minimum absolute atomic E-state index is 0.0912. The van der Waals surface area contributed by atoms with Crippen LogP contribution in [0.25, 0.3) is 0 Å². The van der Waals surface area contributed by atoms with E-state index < -0.39 is 0 Å². The minimum atomic E-state index is 0.0912. The molecule has 8 rings (SSSR count). The van der Waals surface area contributed by atoms with Crippen molar-refractivity contribution in [2.24, 2.45) is 79.9 Å². The van der Waals surface area contributed by atoms with Gasteiger partial charge in [0.15, 0.2) is 0 Å². The molecule has 0 amide bonds. The molecule has 8 heterocycles. The zero-order valence-corrected chi connectivity index (χ0v) is 85.1. The molecule has 8 aliphatic rings. The van der Waals surface area contributed by atoms with Crippen molar-refractivity contribution in [1.29, 1.82) is 0 Å². The van der Waals surface area contributed by atoms with Crippen LogP contribution in [0.2, 0.25) is 0 Å². The Kier molecular flexibility index (Phi) is 53.9. The van der Waals surface area contributed by atoms with Gasteiger partial charge in [-0.1, -0.05) is 80.1 Å². The molecule has 40 nitrogen and oxygen atoms in total. The summed E-state index contributed by atoms with van der Waals surface area (Å²) in [5, 5.41) is 26.0. The first-order valence-corrected chi connectivity index (χ1v) is 44.9. The van der Waals surface area contributed by atoms with E-state index in [0.717, 1.165) is 167 Å². The molecule has 8 unspecified atom stereocenters. The number of unbranched alkanes of at least 4 members (excludes halogenated alkanes) is 6. The molecule has 40 heteroatoms. The van der Waals surface area contributed by atoms with E-state index in [1.54, 1.807) is 7.05 Å². The van der Waals surface area contributed by atoms with Gasteiger partial charge in [-0.2, -0.15) is 20.0 Å². The Morgan fingerprint density at radius 3 is 0.831 bits per heavy atom. The molecular weight excluding hydrogens is 1570 g/mol. The predicted molar refractivity (Wildman–Crippen MR) is 531 cm³/mol. The molecular formula is C84H176N40. The van der Waals surface area contributed by atoms with Gasteiger partial charge in [-0.25, -0.2) is 39.9 Å². The van der Waals surface area contributed by atoms with Crippen molar-refractivity contribution in [2.75, 3.05) is 222 Å². The molecule has 0 spiro atoms. The first kappa shape index (κ1) is 112. The van der Waals surface area contributed by atoms with Gasteiger partial charge in [0.2, 0.25) is 95.4 Å². The Hall–Kier alpha value is -10.1. The molecule has 8 aliphatic heterocycles. The Bertz CT molecular complexity index is 3570. The maximum absolute atomic E-state index is 4.62. The molecule has 0 fully saturated rings. The van der Waals surface area contributed by atoms with Crippen molar-refractivity contribution in [2.45, 2.75) is 237 Å². The normalized spacial score (nSPS) is 21.7. The second kappa shape index (κ2) is 59.7. The highest BCUT2D eigenvalue weighted by Crippen LogP contribution is 2.13. The minimum Gasteiger partial charge on any atom is -0.349 e. The largest absolute Gasteiger partial charge is 0.349 e. The van der Waals surface area contributed by atoms with E-state index in [1.165, 1.54) is 57.8 Å². The Morgan fingerprint density at radius 1 is 0.266 bits per heavy atom. The third-order valence-corrected chi connectivity index (χ3v) is 18.9. The summed E-state index contributed by atoms with van der Waals surface area (Å²) in [4.78, 5) is 104. The van der Waals surface area contributed by atoms with E-state index in [1.807, 2.05) is 257 Å². The SMILES string of the molecule is CCCCCN(C)C1=NC(C)NC(=NC)N1C.CCCCCN(C)C1=NC(N(C)C)=NC(C)N1.CCCCN(C)C1=NC(N(C)C)=NC(C)N1.CCCCN=C1NC(C)N=C(N(C)C)N1C.CCCN(C)C1=NC(N(C)C)=NC(C)N1.CCCN=C1NC(C)N=C(N(C)C)N1C.CCN(C)C1=NC(N(C)C)=NC(C)N1.CCN=C1NC(C)N=C(N(C)C)N1C. The van der Waals surface area contributed by atoms with Gasteiger partial charge in [-0.3, -0.25) is 39.6 Å². The monoisotopic (exact) mass is 1750 g/mol. The smallest absolute Gasteiger partial charge is 0.225 e. The lowest BCUT2D eigenvalue weighted by Crippen LogP contribution is -2.55. The number of nitrogens with zero attached hydrogens (tertiary/aromatic N) is 32. The highest BCUT2D eigenvalue weighted by Gasteiger charge is 2.28. The number of nitrogens with one attached hydrogen (secondary N) is 8. The van der Waals surface area contributed by atoms with Crippen LogP contribution in [0.1, 0.15) is 188 Å². The third-order valence-electron chi connectivity index (χ3n) is 18.9. The van der Waals surface area contributed by atoms with Crippen LogP contribution in [-0.2, 0) is 0 Å². The zero-order valence-electron chi connectivity index (χ0n) is 85.1. The van der Waals surface area contributed by atoms with Crippen molar-refractivity contribution in [3.05, 3.63) is 0 Å². The Balaban J connectivity index is 0.000000709. The summed E-state index contributed by atoms with van der Waals surface area (Å²) in [6, 6.07) is 0. The van der Waals surface area contributed by atoms with Crippen LogP contribution in [0, 0.1) is 0 Å². The fourth-order valence-electron chi connectivity index (χ4n) is 12.0. The number of hydrogen-bond acceptors (Lipinski definition) is 32. The van der Waals surface area contributed by atoms with Gasteiger partial charge >= 0.3 is 0 Å². The van der Waals surface area contributed by atoms with Gasteiger partial charge in [0.25, 0.3) is 0 Å². The lowest BCUT2D eigenvalue weighted by molar-refractivity contribution is 0.409. The molecule has 0 radical (unpaired) electrons. The van der Waals surface area contributed by atoms with Crippen LogP contribution in [-0.4, -0.2) is 445 Å². The quantitative estimate of drug-likeness (QED) is 0.0651. The summed E-state index contributed by atoms with van der Waals surface area (Å²) in [6.07, 6.45) is 15.0. The molecule has 8 N–H and O–H groups in total. The van der Waals surface area contributed by atoms with Gasteiger partial charge in [0.05, 0.1) is 0 Å². The summed E-state index contributed by atoms with van der Waals surface area (Å²) in [5.41, 5.74) is 0. The van der Waals surface area contributed by atoms with Crippen LogP contribution in [0.3, 0.4) is 0 Å². The van der Waals surface area contributed by atoms with Gasteiger partial charge < -0.3 is 101 Å². The second-order valence-electron chi connectivity index (χ2n) is 32.8. The third kappa shape index (κ3) is 41.2. The van der Waals surface area contributed by atoms with Crippen molar-refractivity contribution in [3.63, 3.8) is 0 Å².